The van der Waals surface area contributed by atoms with Crippen molar-refractivity contribution in [2.75, 3.05) is 5.32 Å². The molecule has 0 aliphatic rings. The first-order chi connectivity index (χ1) is 17.6. The molecule has 0 unspecified atom stereocenters. The molecule has 8 heteroatoms. The minimum absolute atomic E-state index is 0.165. The van der Waals surface area contributed by atoms with E-state index in [1.165, 1.54) is 6.20 Å². The van der Waals surface area contributed by atoms with Crippen LogP contribution in [0.15, 0.2) is 85.2 Å². The number of nitrogens with one attached hydrogen (secondary N) is 2. The van der Waals surface area contributed by atoms with Crippen molar-refractivity contribution in [3.8, 4) is 0 Å². The Balaban J connectivity index is 1.34. The number of benzene rings is 2. The Hall–Kier alpha value is -4.62. The second-order valence-corrected chi connectivity index (χ2v) is 8.26. The predicted octanol–water partition coefficient (Wildman–Crippen LogP) is 5.75. The van der Waals surface area contributed by atoms with E-state index in [1.54, 1.807) is 54.7 Å². The normalized spacial score (nSPS) is 11.1. The highest BCUT2D eigenvalue weighted by molar-refractivity contribution is 6.17. The Kier molecular flexibility index (Phi) is 6.64. The topological polar surface area (TPSA) is 101 Å². The molecule has 2 aromatic carbocycles. The summed E-state index contributed by atoms with van der Waals surface area (Å²) in [5.41, 5.74) is 4.86. The summed E-state index contributed by atoms with van der Waals surface area (Å²) < 4.78 is 0. The molecule has 3 aromatic heterocycles. The van der Waals surface area contributed by atoms with Crippen molar-refractivity contribution >= 4 is 52.0 Å². The lowest BCUT2D eigenvalue weighted by Crippen LogP contribution is -2.13. The molecule has 5 rings (SSSR count). The van der Waals surface area contributed by atoms with Crippen LogP contribution in [0.5, 0.6) is 0 Å². The zero-order chi connectivity index (χ0) is 24.9. The number of pyridine rings is 2. The van der Waals surface area contributed by atoms with E-state index in [-0.39, 0.29) is 17.6 Å². The molecule has 3 heterocycles. The molecule has 0 saturated heterocycles. The molecule has 0 bridgehead atoms. The number of hydrogen-bond acceptors (Lipinski definition) is 5. The predicted molar refractivity (Wildman–Crippen MR) is 141 cm³/mol. The van der Waals surface area contributed by atoms with Gasteiger partial charge in [-0.05, 0) is 60.7 Å². The summed E-state index contributed by atoms with van der Waals surface area (Å²) >= 11 is 5.81. The number of hydrogen-bond donors (Lipinski definition) is 2. The van der Waals surface area contributed by atoms with Crippen molar-refractivity contribution in [3.05, 3.63) is 119 Å². The number of halogens is 1. The summed E-state index contributed by atoms with van der Waals surface area (Å²) in [7, 11) is 0. The van der Waals surface area contributed by atoms with Crippen molar-refractivity contribution in [1.82, 2.24) is 20.2 Å². The molecule has 2 N–H and O–H groups in total. The van der Waals surface area contributed by atoms with Crippen LogP contribution in [0.3, 0.4) is 0 Å². The number of aromatic nitrogens is 4. The van der Waals surface area contributed by atoms with Gasteiger partial charge in [0.2, 0.25) is 0 Å². The van der Waals surface area contributed by atoms with Crippen LogP contribution in [0.1, 0.15) is 43.4 Å². The van der Waals surface area contributed by atoms with E-state index in [9.17, 15) is 9.59 Å². The Bertz CT molecular complexity index is 1590. The van der Waals surface area contributed by atoms with Crippen molar-refractivity contribution in [2.24, 2.45) is 0 Å². The molecule has 0 radical (unpaired) electrons. The van der Waals surface area contributed by atoms with Gasteiger partial charge in [-0.15, -0.1) is 11.6 Å². The Morgan fingerprint density at radius 1 is 0.861 bits per heavy atom. The van der Waals surface area contributed by atoms with E-state index in [0.717, 1.165) is 22.3 Å². The number of carbonyl (C=O) groups is 2. The van der Waals surface area contributed by atoms with Gasteiger partial charge >= 0.3 is 0 Å². The number of ketones is 1. The lowest BCUT2D eigenvalue weighted by Gasteiger charge is -2.08. The molecular formula is C28H20ClN5O2. The van der Waals surface area contributed by atoms with E-state index >= 15 is 0 Å². The summed E-state index contributed by atoms with van der Waals surface area (Å²) in [4.78, 5) is 34.2. The first kappa shape index (κ1) is 23.1. The zero-order valence-corrected chi connectivity index (χ0v) is 19.7. The Labute approximate surface area is 211 Å². The van der Waals surface area contributed by atoms with Gasteiger partial charge in [0.25, 0.3) is 5.91 Å². The number of alkyl halides is 1. The lowest BCUT2D eigenvalue weighted by molar-refractivity contribution is 0.102. The SMILES string of the molecule is O=C(Nc1cccc(C(=O)c2ccc3c(/C=C/c4ccccn4)n[nH]c3c2)c1)c1ccnc(CCl)c1. The number of aromatic amines is 1. The highest BCUT2D eigenvalue weighted by atomic mass is 35.5. The standard InChI is InChI=1S/C28H20ClN5O2/c29-17-23-15-20(11-13-31-23)28(36)32-22-6-3-4-18(14-22)27(35)19-7-9-24-25(33-34-26(24)16-19)10-8-21-5-1-2-12-30-21/h1-16H,17H2,(H,32,36)(H,33,34)/b10-8+. The highest BCUT2D eigenvalue weighted by Crippen LogP contribution is 2.22. The van der Waals surface area contributed by atoms with E-state index in [0.29, 0.717) is 28.1 Å². The van der Waals surface area contributed by atoms with Crippen LogP contribution in [0, 0.1) is 0 Å². The van der Waals surface area contributed by atoms with Crippen LogP contribution < -0.4 is 5.32 Å². The minimum Gasteiger partial charge on any atom is -0.322 e. The van der Waals surface area contributed by atoms with Crippen molar-refractivity contribution in [1.29, 1.82) is 0 Å². The number of nitrogens with zero attached hydrogens (tertiary/aromatic N) is 3. The smallest absolute Gasteiger partial charge is 0.255 e. The molecule has 0 saturated carbocycles. The van der Waals surface area contributed by atoms with E-state index in [1.807, 2.05) is 36.4 Å². The second-order valence-electron chi connectivity index (χ2n) is 7.99. The van der Waals surface area contributed by atoms with Gasteiger partial charge in [0.1, 0.15) is 0 Å². The van der Waals surface area contributed by atoms with Crippen LogP contribution in [-0.4, -0.2) is 31.9 Å². The molecule has 0 atom stereocenters. The number of H-pyrrole nitrogens is 1. The van der Waals surface area contributed by atoms with Gasteiger partial charge in [0, 0.05) is 40.2 Å². The molecule has 1 amide bonds. The molecule has 5 aromatic rings. The summed E-state index contributed by atoms with van der Waals surface area (Å²) in [6.45, 7) is 0. The first-order valence-corrected chi connectivity index (χ1v) is 11.7. The molecular weight excluding hydrogens is 474 g/mol. The summed E-state index contributed by atoms with van der Waals surface area (Å²) in [5, 5.41) is 11.1. The van der Waals surface area contributed by atoms with Gasteiger partial charge < -0.3 is 5.32 Å². The first-order valence-electron chi connectivity index (χ1n) is 11.1. The third-order valence-corrected chi connectivity index (χ3v) is 5.83. The molecule has 176 valence electrons. The van der Waals surface area contributed by atoms with E-state index in [2.05, 4.69) is 25.5 Å². The minimum atomic E-state index is -0.307. The summed E-state index contributed by atoms with van der Waals surface area (Å²) in [5.74, 6) is -0.256. The summed E-state index contributed by atoms with van der Waals surface area (Å²) in [6, 6.07) is 21.2. The average Bonchev–Trinajstić information content (AvgIpc) is 3.34. The summed E-state index contributed by atoms with van der Waals surface area (Å²) in [6.07, 6.45) is 7.04. The quantitative estimate of drug-likeness (QED) is 0.222. The molecule has 7 nitrogen and oxygen atoms in total. The van der Waals surface area contributed by atoms with Gasteiger partial charge in [-0.25, -0.2) is 0 Å². The van der Waals surface area contributed by atoms with Crippen LogP contribution in [-0.2, 0) is 5.88 Å². The van der Waals surface area contributed by atoms with Crippen molar-refractivity contribution in [3.63, 3.8) is 0 Å². The molecule has 0 spiro atoms. The lowest BCUT2D eigenvalue weighted by atomic mass is 10.0. The highest BCUT2D eigenvalue weighted by Gasteiger charge is 2.14. The number of fused-ring (bicyclic) bond motifs is 1. The second kappa shape index (κ2) is 10.3. The zero-order valence-electron chi connectivity index (χ0n) is 19.0. The third kappa shape index (κ3) is 5.06. The number of amides is 1. The van der Waals surface area contributed by atoms with Gasteiger partial charge in [-0.2, -0.15) is 5.10 Å². The van der Waals surface area contributed by atoms with Crippen LogP contribution in [0.25, 0.3) is 23.1 Å². The Morgan fingerprint density at radius 3 is 2.58 bits per heavy atom. The maximum Gasteiger partial charge on any atom is 0.255 e. The molecule has 0 aliphatic heterocycles. The van der Waals surface area contributed by atoms with Gasteiger partial charge in [-0.3, -0.25) is 24.7 Å². The molecule has 0 aliphatic carbocycles. The van der Waals surface area contributed by atoms with Crippen molar-refractivity contribution in [2.45, 2.75) is 5.88 Å². The van der Waals surface area contributed by atoms with Crippen LogP contribution in [0.4, 0.5) is 5.69 Å². The van der Waals surface area contributed by atoms with Gasteiger partial charge in [0.15, 0.2) is 5.78 Å². The van der Waals surface area contributed by atoms with Crippen LogP contribution in [0.2, 0.25) is 0 Å². The van der Waals surface area contributed by atoms with E-state index in [4.69, 9.17) is 11.6 Å². The van der Waals surface area contributed by atoms with E-state index < -0.39 is 0 Å². The maximum absolute atomic E-state index is 13.2. The fourth-order valence-corrected chi connectivity index (χ4v) is 3.89. The fourth-order valence-electron chi connectivity index (χ4n) is 3.75. The molecule has 36 heavy (non-hydrogen) atoms. The number of anilines is 1. The number of rotatable bonds is 7. The maximum atomic E-state index is 13.2. The van der Waals surface area contributed by atoms with Crippen molar-refractivity contribution < 1.29 is 9.59 Å². The Morgan fingerprint density at radius 2 is 1.75 bits per heavy atom. The average molecular weight is 494 g/mol. The largest absolute Gasteiger partial charge is 0.322 e. The number of carbonyl (C=O) groups excluding carboxylic acids is 2. The fraction of sp³-hybridized carbons (Fsp3) is 0.0357. The van der Waals surface area contributed by atoms with Gasteiger partial charge in [0.05, 0.1) is 28.5 Å². The van der Waals surface area contributed by atoms with Gasteiger partial charge in [-0.1, -0.05) is 24.3 Å². The third-order valence-electron chi connectivity index (χ3n) is 5.55. The monoisotopic (exact) mass is 493 g/mol. The van der Waals surface area contributed by atoms with Crippen LogP contribution >= 0.6 is 11.6 Å². The molecule has 0 fully saturated rings.